The average molecular weight is 235 g/mol. The number of aliphatic hydroxyl groups excluding tert-OH is 1. The van der Waals surface area contributed by atoms with Crippen molar-refractivity contribution in [3.05, 3.63) is 29.6 Å². The van der Waals surface area contributed by atoms with Crippen molar-refractivity contribution in [2.75, 3.05) is 6.54 Å². The number of fused-ring (bicyclic) bond motifs is 1. The van der Waals surface area contributed by atoms with Crippen LogP contribution in [0.4, 0.5) is 0 Å². The molecule has 6 nitrogen and oxygen atoms in total. The number of nitrogens with two attached hydrogens (primary N) is 1. The second kappa shape index (κ2) is 4.23. The molecule has 2 atom stereocenters. The third kappa shape index (κ3) is 1.92. The van der Waals surface area contributed by atoms with Crippen LogP contribution < -0.4 is 5.73 Å². The number of pyridine rings is 1. The molecule has 3 N–H and O–H groups in total. The number of hydrogen-bond acceptors (Lipinski definition) is 5. The number of aromatic nitrogens is 1. The number of aliphatic hydroxyl groups is 1. The molecule has 90 valence electrons. The maximum atomic E-state index is 11.9. The van der Waals surface area contributed by atoms with Crippen LogP contribution in [0.5, 0.6) is 0 Å². The summed E-state index contributed by atoms with van der Waals surface area (Å²) >= 11 is 0. The van der Waals surface area contributed by atoms with Crippen molar-refractivity contribution in [3.8, 4) is 0 Å². The van der Waals surface area contributed by atoms with Gasteiger partial charge in [-0.3, -0.25) is 19.5 Å². The Morgan fingerprint density at radius 3 is 2.65 bits per heavy atom. The van der Waals surface area contributed by atoms with Crippen molar-refractivity contribution in [3.63, 3.8) is 0 Å². The van der Waals surface area contributed by atoms with Gasteiger partial charge in [0.05, 0.1) is 17.2 Å². The van der Waals surface area contributed by atoms with Crippen LogP contribution in [-0.4, -0.2) is 45.5 Å². The fourth-order valence-corrected chi connectivity index (χ4v) is 1.66. The van der Waals surface area contributed by atoms with Gasteiger partial charge in [-0.05, 0) is 13.0 Å². The molecule has 0 aliphatic carbocycles. The van der Waals surface area contributed by atoms with Crippen LogP contribution in [-0.2, 0) is 0 Å². The summed E-state index contributed by atoms with van der Waals surface area (Å²) in [6, 6.07) is 0.855. The molecule has 0 saturated carbocycles. The van der Waals surface area contributed by atoms with Gasteiger partial charge in [0.15, 0.2) is 0 Å². The Morgan fingerprint density at radius 2 is 2.06 bits per heavy atom. The molecule has 0 spiro atoms. The molecule has 1 aromatic heterocycles. The molecule has 0 radical (unpaired) electrons. The van der Waals surface area contributed by atoms with Gasteiger partial charge in [0.2, 0.25) is 0 Å². The molecule has 2 rings (SSSR count). The van der Waals surface area contributed by atoms with E-state index >= 15 is 0 Å². The van der Waals surface area contributed by atoms with Crippen LogP contribution in [0, 0.1) is 0 Å². The summed E-state index contributed by atoms with van der Waals surface area (Å²) in [6.45, 7) is 1.52. The van der Waals surface area contributed by atoms with Gasteiger partial charge >= 0.3 is 0 Å². The number of hydrogen-bond donors (Lipinski definition) is 2. The lowest BCUT2D eigenvalue weighted by Gasteiger charge is -2.20. The molecule has 17 heavy (non-hydrogen) atoms. The Hall–Kier alpha value is -1.79. The normalized spacial score (nSPS) is 18.2. The highest BCUT2D eigenvalue weighted by molar-refractivity contribution is 6.21. The largest absolute Gasteiger partial charge is 0.392 e. The van der Waals surface area contributed by atoms with E-state index in [-0.39, 0.29) is 18.0 Å². The highest BCUT2D eigenvalue weighted by atomic mass is 16.3. The molecular weight excluding hydrogens is 222 g/mol. The standard InChI is InChI=1S/C11H13N3O3/c1-6(15)9(12)5-14-10(16)7-2-3-13-4-8(7)11(14)17/h2-4,6,9,15H,5,12H2,1H3. The molecule has 1 aliphatic heterocycles. The van der Waals surface area contributed by atoms with Crippen molar-refractivity contribution in [2.45, 2.75) is 19.1 Å². The van der Waals surface area contributed by atoms with Gasteiger partial charge in [0, 0.05) is 25.0 Å². The van der Waals surface area contributed by atoms with Crippen LogP contribution in [0.2, 0.25) is 0 Å². The third-order valence-electron chi connectivity index (χ3n) is 2.79. The van der Waals surface area contributed by atoms with Crippen molar-refractivity contribution >= 4 is 11.8 Å². The van der Waals surface area contributed by atoms with Crippen LogP contribution in [0.25, 0.3) is 0 Å². The second-order valence-electron chi connectivity index (χ2n) is 4.05. The minimum atomic E-state index is -0.780. The summed E-state index contributed by atoms with van der Waals surface area (Å²) in [5.41, 5.74) is 6.27. The minimum Gasteiger partial charge on any atom is -0.392 e. The quantitative estimate of drug-likeness (QED) is 0.681. The molecule has 2 heterocycles. The molecule has 0 fully saturated rings. The zero-order valence-electron chi connectivity index (χ0n) is 9.33. The van der Waals surface area contributed by atoms with Gasteiger partial charge in [-0.15, -0.1) is 0 Å². The summed E-state index contributed by atoms with van der Waals surface area (Å²) in [6.07, 6.45) is 2.04. The number of imide groups is 1. The predicted molar refractivity (Wildman–Crippen MR) is 59.3 cm³/mol. The zero-order chi connectivity index (χ0) is 12.6. The number of carbonyl (C=O) groups excluding carboxylic acids is 2. The first kappa shape index (κ1) is 11.7. The summed E-state index contributed by atoms with van der Waals surface area (Å²) in [7, 11) is 0. The second-order valence-corrected chi connectivity index (χ2v) is 4.05. The van der Waals surface area contributed by atoms with Crippen molar-refractivity contribution in [2.24, 2.45) is 5.73 Å². The summed E-state index contributed by atoms with van der Waals surface area (Å²) in [4.78, 5) is 28.7. The van der Waals surface area contributed by atoms with Crippen molar-refractivity contribution in [1.82, 2.24) is 9.88 Å². The molecular formula is C11H13N3O3. The molecule has 6 heteroatoms. The first-order valence-electron chi connectivity index (χ1n) is 5.26. The van der Waals surface area contributed by atoms with E-state index in [1.54, 1.807) is 0 Å². The Labute approximate surface area is 98.1 Å². The van der Waals surface area contributed by atoms with Crippen molar-refractivity contribution in [1.29, 1.82) is 0 Å². The minimum absolute atomic E-state index is 0.00398. The van der Waals surface area contributed by atoms with Crippen LogP contribution >= 0.6 is 0 Å². The molecule has 1 aliphatic rings. The van der Waals surface area contributed by atoms with Gasteiger partial charge < -0.3 is 10.8 Å². The van der Waals surface area contributed by atoms with Gasteiger partial charge in [0.1, 0.15) is 0 Å². The van der Waals surface area contributed by atoms with E-state index in [1.807, 2.05) is 0 Å². The number of carbonyl (C=O) groups is 2. The first-order valence-corrected chi connectivity index (χ1v) is 5.26. The molecule has 2 unspecified atom stereocenters. The lowest BCUT2D eigenvalue weighted by Crippen LogP contribution is -2.46. The summed E-state index contributed by atoms with van der Waals surface area (Å²) in [5.74, 6) is -0.794. The maximum Gasteiger partial charge on any atom is 0.263 e. The van der Waals surface area contributed by atoms with E-state index in [1.165, 1.54) is 25.4 Å². The first-order chi connectivity index (χ1) is 8.02. The summed E-state index contributed by atoms with van der Waals surface area (Å²) in [5, 5.41) is 9.28. The zero-order valence-corrected chi connectivity index (χ0v) is 9.33. The number of amides is 2. The van der Waals surface area contributed by atoms with Crippen LogP contribution in [0.1, 0.15) is 27.6 Å². The Balaban J connectivity index is 2.25. The SMILES string of the molecule is CC(O)C(N)CN1C(=O)c2ccncc2C1=O. The lowest BCUT2D eigenvalue weighted by molar-refractivity contribution is 0.0607. The Bertz CT molecular complexity index is 438. The molecule has 0 aromatic carbocycles. The van der Waals surface area contributed by atoms with E-state index in [4.69, 9.17) is 5.73 Å². The van der Waals surface area contributed by atoms with E-state index in [0.29, 0.717) is 5.56 Å². The number of rotatable bonds is 3. The lowest BCUT2D eigenvalue weighted by atomic mass is 10.2. The van der Waals surface area contributed by atoms with E-state index in [9.17, 15) is 14.7 Å². The van der Waals surface area contributed by atoms with Gasteiger partial charge in [-0.1, -0.05) is 0 Å². The van der Waals surface area contributed by atoms with Gasteiger partial charge in [0.25, 0.3) is 11.8 Å². The van der Waals surface area contributed by atoms with E-state index in [0.717, 1.165) is 4.90 Å². The fourth-order valence-electron chi connectivity index (χ4n) is 1.66. The monoisotopic (exact) mass is 235 g/mol. The van der Waals surface area contributed by atoms with Crippen LogP contribution in [0.3, 0.4) is 0 Å². The third-order valence-corrected chi connectivity index (χ3v) is 2.79. The highest BCUT2D eigenvalue weighted by Gasteiger charge is 2.36. The molecule has 0 saturated heterocycles. The Morgan fingerprint density at radius 1 is 1.41 bits per heavy atom. The predicted octanol–water partition coefficient (Wildman–Crippen LogP) is -0.614. The van der Waals surface area contributed by atoms with E-state index < -0.39 is 18.1 Å². The van der Waals surface area contributed by atoms with Crippen molar-refractivity contribution < 1.29 is 14.7 Å². The van der Waals surface area contributed by atoms with Gasteiger partial charge in [-0.2, -0.15) is 0 Å². The maximum absolute atomic E-state index is 11.9. The fraction of sp³-hybridized carbons (Fsp3) is 0.364. The highest BCUT2D eigenvalue weighted by Crippen LogP contribution is 2.21. The number of nitrogens with zero attached hydrogens (tertiary/aromatic N) is 2. The van der Waals surface area contributed by atoms with Gasteiger partial charge in [-0.25, -0.2) is 0 Å². The molecule has 2 amide bonds. The topological polar surface area (TPSA) is 96.5 Å². The summed E-state index contributed by atoms with van der Waals surface area (Å²) < 4.78 is 0. The smallest absolute Gasteiger partial charge is 0.263 e. The average Bonchev–Trinajstić information content (AvgIpc) is 2.55. The van der Waals surface area contributed by atoms with Crippen LogP contribution in [0.15, 0.2) is 18.5 Å². The Kier molecular flexibility index (Phi) is 2.91. The molecule has 0 bridgehead atoms. The van der Waals surface area contributed by atoms with E-state index in [2.05, 4.69) is 4.98 Å². The molecule has 1 aromatic rings.